The molecule has 0 bridgehead atoms. The van der Waals surface area contributed by atoms with Gasteiger partial charge in [-0.3, -0.25) is 0 Å². The molecule has 0 radical (unpaired) electrons. The summed E-state index contributed by atoms with van der Waals surface area (Å²) in [4.78, 5) is 4.63. The van der Waals surface area contributed by atoms with Gasteiger partial charge in [-0.2, -0.15) is 0 Å². The predicted molar refractivity (Wildman–Crippen MR) is 97.7 cm³/mol. The molecule has 2 heterocycles. The Morgan fingerprint density at radius 1 is 1.12 bits per heavy atom. The van der Waals surface area contributed by atoms with Gasteiger partial charge in [0.2, 0.25) is 11.8 Å². The van der Waals surface area contributed by atoms with Gasteiger partial charge in [0.15, 0.2) is 5.16 Å². The molecule has 0 unspecified atom stereocenters. The Morgan fingerprint density at radius 3 is 2.83 bits per heavy atom. The van der Waals surface area contributed by atoms with E-state index in [1.165, 1.54) is 0 Å². The van der Waals surface area contributed by atoms with Crippen LogP contribution in [0.15, 0.2) is 62.6 Å². The number of aromatic nitrogens is 4. The van der Waals surface area contributed by atoms with Crippen molar-refractivity contribution in [3.8, 4) is 11.5 Å². The van der Waals surface area contributed by atoms with Crippen molar-refractivity contribution >= 4 is 38.7 Å². The van der Waals surface area contributed by atoms with Crippen molar-refractivity contribution in [3.05, 3.63) is 58.9 Å². The van der Waals surface area contributed by atoms with Crippen LogP contribution < -0.4 is 0 Å². The second-order valence-electron chi connectivity index (χ2n) is 5.24. The molecule has 4 aromatic rings. The topological polar surface area (TPSA) is 56.7 Å². The Hall–Kier alpha value is -2.12. The van der Waals surface area contributed by atoms with Crippen molar-refractivity contribution < 1.29 is 4.42 Å². The van der Waals surface area contributed by atoms with Crippen LogP contribution in [0.4, 0.5) is 0 Å². The van der Waals surface area contributed by atoms with Crippen LogP contribution in [0.5, 0.6) is 0 Å². The fraction of sp³-hybridized carbons (Fsp3) is 0.118. The van der Waals surface area contributed by atoms with Gasteiger partial charge in [0, 0.05) is 17.1 Å². The smallest absolute Gasteiger partial charge is 0.247 e. The lowest BCUT2D eigenvalue weighted by molar-refractivity contribution is 0.528. The maximum Gasteiger partial charge on any atom is 0.247 e. The summed E-state index contributed by atoms with van der Waals surface area (Å²) in [5.74, 6) is 1.69. The van der Waals surface area contributed by atoms with Crippen LogP contribution in [0, 0.1) is 0 Å². The number of imidazole rings is 1. The summed E-state index contributed by atoms with van der Waals surface area (Å²) in [6.45, 7) is 0. The standard InChI is InChI=1S/C17H13BrN4OS/c1-22-14-8-3-2-7-13(14)19-17(22)24-10-15-20-21-16(23-15)11-5-4-6-12(18)9-11/h2-9H,10H2,1H3. The Morgan fingerprint density at radius 2 is 2.00 bits per heavy atom. The van der Waals surface area contributed by atoms with E-state index in [9.17, 15) is 0 Å². The molecule has 0 aliphatic rings. The maximum atomic E-state index is 5.76. The van der Waals surface area contributed by atoms with Crippen LogP contribution >= 0.6 is 27.7 Å². The maximum absolute atomic E-state index is 5.76. The van der Waals surface area contributed by atoms with Gasteiger partial charge in [-0.25, -0.2) is 4.98 Å². The summed E-state index contributed by atoms with van der Waals surface area (Å²) in [5, 5.41) is 9.19. The van der Waals surface area contributed by atoms with Crippen LogP contribution in [-0.2, 0) is 12.8 Å². The van der Waals surface area contributed by atoms with E-state index in [0.29, 0.717) is 17.5 Å². The molecule has 4 rings (SSSR count). The minimum Gasteiger partial charge on any atom is -0.420 e. The first kappa shape index (κ1) is 15.4. The van der Waals surface area contributed by atoms with E-state index in [4.69, 9.17) is 4.42 Å². The van der Waals surface area contributed by atoms with Crippen LogP contribution in [0.3, 0.4) is 0 Å². The van der Waals surface area contributed by atoms with E-state index in [0.717, 1.165) is 26.2 Å². The number of thioether (sulfide) groups is 1. The highest BCUT2D eigenvalue weighted by Crippen LogP contribution is 2.27. The zero-order valence-electron chi connectivity index (χ0n) is 12.8. The Bertz CT molecular complexity index is 1010. The molecular weight excluding hydrogens is 388 g/mol. The van der Waals surface area contributed by atoms with Gasteiger partial charge in [0.05, 0.1) is 16.8 Å². The van der Waals surface area contributed by atoms with Crippen LogP contribution in [0.25, 0.3) is 22.5 Å². The lowest BCUT2D eigenvalue weighted by Crippen LogP contribution is -1.91. The minimum absolute atomic E-state index is 0.525. The SMILES string of the molecule is Cn1c(SCc2nnc(-c3cccc(Br)c3)o2)nc2ccccc21. The largest absolute Gasteiger partial charge is 0.420 e. The number of nitrogens with zero attached hydrogens (tertiary/aromatic N) is 4. The molecule has 0 aliphatic heterocycles. The molecule has 0 spiro atoms. The average Bonchev–Trinajstić information content (AvgIpc) is 3.19. The zero-order valence-corrected chi connectivity index (χ0v) is 15.2. The zero-order chi connectivity index (χ0) is 16.5. The summed E-state index contributed by atoms with van der Waals surface area (Å²) in [6.07, 6.45) is 0. The highest BCUT2D eigenvalue weighted by Gasteiger charge is 2.12. The third-order valence-electron chi connectivity index (χ3n) is 3.61. The fourth-order valence-electron chi connectivity index (χ4n) is 2.43. The molecule has 7 heteroatoms. The van der Waals surface area contributed by atoms with Gasteiger partial charge in [0.25, 0.3) is 0 Å². The third kappa shape index (κ3) is 2.97. The normalized spacial score (nSPS) is 11.2. The lowest BCUT2D eigenvalue weighted by atomic mass is 10.2. The van der Waals surface area contributed by atoms with Crippen molar-refractivity contribution in [1.29, 1.82) is 0 Å². The molecule has 0 atom stereocenters. The first-order valence-corrected chi connectivity index (χ1v) is 9.11. The number of halogens is 1. The van der Waals surface area contributed by atoms with Gasteiger partial charge in [-0.1, -0.05) is 45.9 Å². The molecule has 5 nitrogen and oxygen atoms in total. The van der Waals surface area contributed by atoms with Crippen LogP contribution in [0.1, 0.15) is 5.89 Å². The van der Waals surface area contributed by atoms with Crippen molar-refractivity contribution in [2.45, 2.75) is 10.9 Å². The van der Waals surface area contributed by atoms with Crippen LogP contribution in [0.2, 0.25) is 0 Å². The highest BCUT2D eigenvalue weighted by molar-refractivity contribution is 9.10. The van der Waals surface area contributed by atoms with E-state index < -0.39 is 0 Å². The molecule has 0 saturated carbocycles. The molecule has 2 aromatic carbocycles. The summed E-state index contributed by atoms with van der Waals surface area (Å²) >= 11 is 5.03. The van der Waals surface area contributed by atoms with Crippen molar-refractivity contribution in [3.63, 3.8) is 0 Å². The summed E-state index contributed by atoms with van der Waals surface area (Å²) in [6, 6.07) is 15.9. The number of hydrogen-bond donors (Lipinski definition) is 0. The second-order valence-corrected chi connectivity index (χ2v) is 7.10. The van der Waals surface area contributed by atoms with Gasteiger partial charge >= 0.3 is 0 Å². The number of benzene rings is 2. The number of fused-ring (bicyclic) bond motifs is 1. The number of hydrogen-bond acceptors (Lipinski definition) is 5. The van der Waals surface area contributed by atoms with E-state index in [1.807, 2.05) is 49.5 Å². The van der Waals surface area contributed by atoms with Crippen molar-refractivity contribution in [2.75, 3.05) is 0 Å². The fourth-order valence-corrected chi connectivity index (χ4v) is 3.65. The summed E-state index contributed by atoms with van der Waals surface area (Å²) in [7, 11) is 2.01. The number of para-hydroxylation sites is 2. The average molecular weight is 401 g/mol. The predicted octanol–water partition coefficient (Wildman–Crippen LogP) is 4.68. The lowest BCUT2D eigenvalue weighted by Gasteiger charge is -1.99. The Labute approximate surface area is 151 Å². The van der Waals surface area contributed by atoms with Crippen LogP contribution in [-0.4, -0.2) is 19.7 Å². The molecule has 24 heavy (non-hydrogen) atoms. The van der Waals surface area contributed by atoms with Gasteiger partial charge < -0.3 is 8.98 Å². The van der Waals surface area contributed by atoms with E-state index in [-0.39, 0.29) is 0 Å². The first-order valence-electron chi connectivity index (χ1n) is 7.33. The van der Waals surface area contributed by atoms with E-state index in [2.05, 4.69) is 41.7 Å². The van der Waals surface area contributed by atoms with Gasteiger partial charge in [-0.05, 0) is 30.3 Å². The Kier molecular flexibility index (Phi) is 4.12. The molecule has 0 N–H and O–H groups in total. The summed E-state index contributed by atoms with van der Waals surface area (Å²) in [5.41, 5.74) is 3.00. The molecular formula is C17H13BrN4OS. The second kappa shape index (κ2) is 6.41. The quantitative estimate of drug-likeness (QED) is 0.465. The Balaban J connectivity index is 1.53. The molecule has 0 amide bonds. The third-order valence-corrected chi connectivity index (χ3v) is 5.12. The number of rotatable bonds is 4. The van der Waals surface area contributed by atoms with Gasteiger partial charge in [-0.15, -0.1) is 10.2 Å². The van der Waals surface area contributed by atoms with E-state index in [1.54, 1.807) is 11.8 Å². The van der Waals surface area contributed by atoms with Gasteiger partial charge in [0.1, 0.15) is 0 Å². The molecule has 2 aromatic heterocycles. The molecule has 0 saturated heterocycles. The van der Waals surface area contributed by atoms with E-state index >= 15 is 0 Å². The summed E-state index contributed by atoms with van der Waals surface area (Å²) < 4.78 is 8.81. The van der Waals surface area contributed by atoms with Crippen molar-refractivity contribution in [2.24, 2.45) is 7.05 Å². The first-order chi connectivity index (χ1) is 11.7. The van der Waals surface area contributed by atoms with Crippen molar-refractivity contribution in [1.82, 2.24) is 19.7 Å². The monoisotopic (exact) mass is 400 g/mol. The molecule has 0 fully saturated rings. The molecule has 0 aliphatic carbocycles. The number of aryl methyl sites for hydroxylation is 1. The highest BCUT2D eigenvalue weighted by atomic mass is 79.9. The minimum atomic E-state index is 0.525. The molecule has 120 valence electrons.